The summed E-state index contributed by atoms with van der Waals surface area (Å²) in [5.41, 5.74) is 4.91. The molecule has 2 heterocycles. The lowest BCUT2D eigenvalue weighted by molar-refractivity contribution is -0.140. The van der Waals surface area contributed by atoms with Crippen LogP contribution in [0.25, 0.3) is 0 Å². The van der Waals surface area contributed by atoms with Gasteiger partial charge in [-0.15, -0.1) is 0 Å². The minimum absolute atomic E-state index is 0.0459. The van der Waals surface area contributed by atoms with Gasteiger partial charge in [-0.3, -0.25) is 4.79 Å². The van der Waals surface area contributed by atoms with Crippen LogP contribution in [0.1, 0.15) is 49.1 Å². The van der Waals surface area contributed by atoms with Crippen LogP contribution in [0.15, 0.2) is 83.5 Å². The van der Waals surface area contributed by atoms with Gasteiger partial charge in [-0.05, 0) is 49.6 Å². The lowest BCUT2D eigenvalue weighted by atomic mass is 9.78. The number of aryl methyl sites for hydroxylation is 2. The Kier molecular flexibility index (Phi) is 8.31. The summed E-state index contributed by atoms with van der Waals surface area (Å²) >= 11 is 0. The number of benzene rings is 2. The molecule has 0 saturated heterocycles. The number of hydrogen-bond acceptors (Lipinski definition) is 7. The van der Waals surface area contributed by atoms with Gasteiger partial charge in [0.15, 0.2) is 5.78 Å². The number of esters is 1. The number of para-hydroxylation sites is 1. The van der Waals surface area contributed by atoms with Crippen LogP contribution >= 0.6 is 0 Å². The van der Waals surface area contributed by atoms with E-state index in [0.717, 1.165) is 28.3 Å². The third kappa shape index (κ3) is 6.14. The highest BCUT2D eigenvalue weighted by Gasteiger charge is 2.34. The summed E-state index contributed by atoms with van der Waals surface area (Å²) in [7, 11) is 3.49. The van der Waals surface area contributed by atoms with Gasteiger partial charge in [0.25, 0.3) is 0 Å². The Morgan fingerprint density at radius 3 is 2.61 bits per heavy atom. The molecule has 8 heteroatoms. The van der Waals surface area contributed by atoms with E-state index in [9.17, 15) is 9.59 Å². The summed E-state index contributed by atoms with van der Waals surface area (Å²) in [4.78, 5) is 29.8. The van der Waals surface area contributed by atoms with Crippen molar-refractivity contribution in [2.24, 2.45) is 7.05 Å². The topological polar surface area (TPSA) is 103 Å². The first-order valence-corrected chi connectivity index (χ1v) is 12.5. The molecular weight excluding hydrogens is 482 g/mol. The molecule has 2 N–H and O–H groups in total. The first-order chi connectivity index (χ1) is 18.3. The third-order valence-electron chi connectivity index (χ3n) is 6.81. The number of aromatic hydroxyl groups is 1. The van der Waals surface area contributed by atoms with Gasteiger partial charge in [0.05, 0.1) is 12.7 Å². The van der Waals surface area contributed by atoms with Gasteiger partial charge in [-0.1, -0.05) is 30.3 Å². The Morgan fingerprint density at radius 2 is 1.95 bits per heavy atom. The Bertz CT molecular complexity index is 1380. The number of allylic oxidation sites excluding steroid dienone is 3. The Balaban J connectivity index is 0.000000360. The number of rotatable bonds is 5. The molecule has 0 spiro atoms. The van der Waals surface area contributed by atoms with Crippen molar-refractivity contribution < 1.29 is 24.2 Å². The molecule has 0 bridgehead atoms. The van der Waals surface area contributed by atoms with Crippen molar-refractivity contribution in [3.8, 4) is 11.5 Å². The van der Waals surface area contributed by atoms with E-state index in [1.807, 2.05) is 57.3 Å². The number of hydrogen-bond donors (Lipinski definition) is 2. The average Bonchev–Trinajstić information content (AvgIpc) is 3.31. The maximum atomic E-state index is 12.9. The van der Waals surface area contributed by atoms with E-state index < -0.39 is 5.97 Å². The highest BCUT2D eigenvalue weighted by atomic mass is 16.5. The number of aromatic nitrogens is 2. The summed E-state index contributed by atoms with van der Waals surface area (Å²) in [6, 6.07) is 15.0. The van der Waals surface area contributed by atoms with Gasteiger partial charge >= 0.3 is 5.97 Å². The molecule has 1 aliphatic heterocycles. The summed E-state index contributed by atoms with van der Waals surface area (Å²) in [6.45, 7) is 3.88. The molecule has 0 fully saturated rings. The summed E-state index contributed by atoms with van der Waals surface area (Å²) < 4.78 is 12.7. The summed E-state index contributed by atoms with van der Waals surface area (Å²) in [5, 5.41) is 12.1. The van der Waals surface area contributed by atoms with Gasteiger partial charge in [-0.25, -0.2) is 9.78 Å². The summed E-state index contributed by atoms with van der Waals surface area (Å²) in [6.07, 6.45) is 4.85. The quantitative estimate of drug-likeness (QED) is 0.469. The summed E-state index contributed by atoms with van der Waals surface area (Å²) in [5.74, 6) is 1.48. The molecule has 8 nitrogen and oxygen atoms in total. The molecule has 0 radical (unpaired) electrons. The number of imidazole rings is 1. The fraction of sp³-hybridized carbons (Fsp3) is 0.300. The molecule has 1 atom stereocenters. The van der Waals surface area contributed by atoms with Crippen LogP contribution in [0.2, 0.25) is 0 Å². The van der Waals surface area contributed by atoms with Crippen molar-refractivity contribution in [1.29, 1.82) is 0 Å². The lowest BCUT2D eigenvalue weighted by Gasteiger charge is -2.32. The third-order valence-corrected chi connectivity index (χ3v) is 6.81. The first kappa shape index (κ1) is 26.7. The molecule has 3 aromatic rings. The number of carbonyl (C=O) groups excluding carboxylic acids is 2. The molecule has 0 unspecified atom stereocenters. The van der Waals surface area contributed by atoms with E-state index in [1.54, 1.807) is 36.2 Å². The fourth-order valence-electron chi connectivity index (χ4n) is 4.73. The van der Waals surface area contributed by atoms with Gasteiger partial charge in [0.2, 0.25) is 0 Å². The molecule has 38 heavy (non-hydrogen) atoms. The Morgan fingerprint density at radius 1 is 1.16 bits per heavy atom. The van der Waals surface area contributed by atoms with Crippen LogP contribution in [0.4, 0.5) is 0 Å². The standard InChI is InChI=1S/C23H25N3O4.C7H8O/c1-14-17(23(28)30-13-22-24-8-9-26(22)2)12-18-19(25-14)10-15(11-20(18)27)16-6-4-5-7-21(16)29-3;1-6-3-2-4-7(8)5-6/h4-9,15,25H,10-13H2,1-3H3;2-5,8H,1H3/t15-;/m1./s1. The maximum Gasteiger partial charge on any atom is 0.336 e. The molecule has 198 valence electrons. The van der Waals surface area contributed by atoms with Crippen molar-refractivity contribution >= 4 is 11.8 Å². The Labute approximate surface area is 222 Å². The maximum absolute atomic E-state index is 12.9. The number of phenolic OH excluding ortho intramolecular Hbond substituents is 1. The number of ketones is 1. The van der Waals surface area contributed by atoms with E-state index in [-0.39, 0.29) is 18.3 Å². The second-order valence-corrected chi connectivity index (χ2v) is 9.50. The molecule has 5 rings (SSSR count). The van der Waals surface area contributed by atoms with E-state index in [2.05, 4.69) is 10.3 Å². The lowest BCUT2D eigenvalue weighted by Crippen LogP contribution is -2.31. The van der Waals surface area contributed by atoms with Crippen molar-refractivity contribution in [3.05, 3.63) is 100 Å². The number of phenols is 1. The number of ether oxygens (including phenoxy) is 2. The highest BCUT2D eigenvalue weighted by Crippen LogP contribution is 2.41. The molecule has 2 aromatic carbocycles. The monoisotopic (exact) mass is 515 g/mol. The normalized spacial score (nSPS) is 16.7. The zero-order valence-electron chi connectivity index (χ0n) is 22.2. The SMILES string of the molecule is COc1ccccc1[C@H]1CC(=O)C2=C(C1)NC(C)=C(C(=O)OCc1nccn1C)C2.Cc1cccc(O)c1. The average molecular weight is 516 g/mol. The zero-order valence-corrected chi connectivity index (χ0v) is 22.2. The Hall–Kier alpha value is -4.33. The minimum Gasteiger partial charge on any atom is -0.508 e. The van der Waals surface area contributed by atoms with Gasteiger partial charge in [-0.2, -0.15) is 0 Å². The molecular formula is C30H33N3O5. The first-order valence-electron chi connectivity index (χ1n) is 12.5. The van der Waals surface area contributed by atoms with E-state index in [0.29, 0.717) is 42.0 Å². The molecule has 1 aliphatic carbocycles. The van der Waals surface area contributed by atoms with Crippen molar-refractivity contribution in [3.63, 3.8) is 0 Å². The van der Waals surface area contributed by atoms with Crippen LogP contribution in [-0.4, -0.2) is 33.5 Å². The van der Waals surface area contributed by atoms with Crippen molar-refractivity contribution in [1.82, 2.24) is 14.9 Å². The van der Waals surface area contributed by atoms with Gasteiger partial charge < -0.3 is 24.5 Å². The van der Waals surface area contributed by atoms with Crippen LogP contribution in [0.3, 0.4) is 0 Å². The second kappa shape index (κ2) is 11.8. The highest BCUT2D eigenvalue weighted by molar-refractivity contribution is 6.01. The molecule has 1 aromatic heterocycles. The number of carbonyl (C=O) groups is 2. The van der Waals surface area contributed by atoms with Crippen LogP contribution in [0.5, 0.6) is 11.5 Å². The van der Waals surface area contributed by atoms with Crippen LogP contribution in [-0.2, 0) is 28.0 Å². The van der Waals surface area contributed by atoms with E-state index in [1.165, 1.54) is 0 Å². The fourth-order valence-corrected chi connectivity index (χ4v) is 4.73. The predicted octanol–water partition coefficient (Wildman–Crippen LogP) is 4.84. The zero-order chi connectivity index (χ0) is 27.2. The molecule has 0 amide bonds. The number of methoxy groups -OCH3 is 1. The predicted molar refractivity (Wildman–Crippen MR) is 143 cm³/mol. The van der Waals surface area contributed by atoms with E-state index >= 15 is 0 Å². The van der Waals surface area contributed by atoms with Crippen molar-refractivity contribution in [2.45, 2.75) is 45.6 Å². The minimum atomic E-state index is -0.422. The van der Waals surface area contributed by atoms with Crippen molar-refractivity contribution in [2.75, 3.05) is 7.11 Å². The van der Waals surface area contributed by atoms with Crippen LogP contribution in [0, 0.1) is 6.92 Å². The number of nitrogens with zero attached hydrogens (tertiary/aromatic N) is 2. The van der Waals surface area contributed by atoms with Gasteiger partial charge in [0.1, 0.15) is 23.9 Å². The van der Waals surface area contributed by atoms with Gasteiger partial charge in [0, 0.05) is 55.2 Å². The molecule has 0 saturated carbocycles. The number of Topliss-reactive ketones (excluding diaryl/α,β-unsaturated/α-hetero) is 1. The number of nitrogens with one attached hydrogen (secondary N) is 1. The largest absolute Gasteiger partial charge is 0.508 e. The second-order valence-electron chi connectivity index (χ2n) is 9.50. The van der Waals surface area contributed by atoms with E-state index in [4.69, 9.17) is 14.6 Å². The number of dihydropyridines is 1. The smallest absolute Gasteiger partial charge is 0.336 e. The molecule has 2 aliphatic rings. The van der Waals surface area contributed by atoms with Crippen LogP contribution < -0.4 is 10.1 Å².